The minimum absolute atomic E-state index is 0.0235. The van der Waals surface area contributed by atoms with Gasteiger partial charge in [0.05, 0.1) is 28.2 Å². The maximum Gasteiger partial charge on any atom is 0.408 e. The van der Waals surface area contributed by atoms with Gasteiger partial charge in [0.2, 0.25) is 34.1 Å². The minimum Gasteiger partial charge on any atom is -0.471 e. The number of nitrogens with zero attached hydrogens (tertiary/aromatic N) is 3. The van der Waals surface area contributed by atoms with Crippen LogP contribution in [0.3, 0.4) is 0 Å². The fraction of sp³-hybridized carbons (Fsp3) is 0.714. The first-order valence-electron chi connectivity index (χ1n) is 21.7. The number of halogens is 6. The van der Waals surface area contributed by atoms with Crippen molar-refractivity contribution in [3.05, 3.63) is 23.9 Å². The van der Waals surface area contributed by atoms with E-state index in [2.05, 4.69) is 25.3 Å². The predicted molar refractivity (Wildman–Crippen MR) is 214 cm³/mol. The third-order valence-corrected chi connectivity index (χ3v) is 16.3. The SMILES string of the molecule is CC(C)(C)[C@@H]1NC(=O)O[C@@H]2C[C@@H]3CC[C@@H]3[C@H]2CCCCC(F)(F)c2nc3ccc(OC(F)F)cc3nc2O[C@@H]2C[C@@H](C(=O)N[C@]3(C(=O)NS(=O)(=O)C4(C)CC4)C[C@H]3C(F)F)N(C2)C1=O. The number of alkyl carbamates (subject to hydrolysis) is 1. The highest BCUT2D eigenvalue weighted by molar-refractivity contribution is 7.91. The average Bonchev–Trinajstić information content (AvgIpc) is 4.06. The normalized spacial score (nSPS) is 32.4. The molecule has 4 saturated carbocycles. The summed E-state index contributed by atoms with van der Waals surface area (Å²) in [6.45, 7) is 2.55. The van der Waals surface area contributed by atoms with Crippen LogP contribution in [-0.2, 0) is 35.1 Å². The zero-order valence-corrected chi connectivity index (χ0v) is 36.5. The zero-order valence-electron chi connectivity index (χ0n) is 35.7. The molecule has 352 valence electrons. The highest BCUT2D eigenvalue weighted by atomic mass is 32.2. The Morgan fingerprint density at radius 3 is 2.33 bits per heavy atom. The Bertz CT molecular complexity index is 2320. The Morgan fingerprint density at radius 2 is 1.70 bits per heavy atom. The molecule has 1 aromatic heterocycles. The summed E-state index contributed by atoms with van der Waals surface area (Å²) in [7, 11) is -4.35. The molecule has 2 aromatic rings. The molecule has 2 bridgehead atoms. The molecule has 1 aromatic carbocycles. The fourth-order valence-corrected chi connectivity index (χ4v) is 11.2. The smallest absolute Gasteiger partial charge is 0.408 e. The summed E-state index contributed by atoms with van der Waals surface area (Å²) in [5, 5.41) is 5.00. The number of amides is 4. The molecule has 3 N–H and O–H groups in total. The van der Waals surface area contributed by atoms with E-state index in [4.69, 9.17) is 9.47 Å². The minimum atomic E-state index is -4.35. The molecule has 0 unspecified atom stereocenters. The molecule has 64 heavy (non-hydrogen) atoms. The van der Waals surface area contributed by atoms with E-state index < -0.39 is 136 Å². The first-order valence-corrected chi connectivity index (χ1v) is 23.2. The molecule has 6 aliphatic rings. The molecule has 0 spiro atoms. The van der Waals surface area contributed by atoms with Gasteiger partial charge in [0.1, 0.15) is 35.6 Å². The number of aromatic nitrogens is 2. The van der Waals surface area contributed by atoms with E-state index in [9.17, 15) is 45.2 Å². The number of carbonyl (C=O) groups is 4. The summed E-state index contributed by atoms with van der Waals surface area (Å²) >= 11 is 0. The van der Waals surface area contributed by atoms with Gasteiger partial charge >= 0.3 is 12.7 Å². The van der Waals surface area contributed by atoms with E-state index in [0.29, 0.717) is 19.3 Å². The second kappa shape index (κ2) is 16.4. The van der Waals surface area contributed by atoms with E-state index in [0.717, 1.165) is 29.9 Å². The molecule has 1 saturated heterocycles. The van der Waals surface area contributed by atoms with Gasteiger partial charge in [-0.15, -0.1) is 0 Å². The van der Waals surface area contributed by atoms with Gasteiger partial charge in [-0.2, -0.15) is 17.6 Å². The van der Waals surface area contributed by atoms with Crippen molar-refractivity contribution in [2.45, 2.75) is 152 Å². The molecule has 8 rings (SSSR count). The number of alkyl halides is 6. The Labute approximate surface area is 365 Å². The fourth-order valence-electron chi connectivity index (χ4n) is 9.87. The average molecular weight is 931 g/mol. The zero-order chi connectivity index (χ0) is 46.3. The number of hydrogen-bond donors (Lipinski definition) is 3. The third kappa shape index (κ3) is 8.75. The van der Waals surface area contributed by atoms with Crippen molar-refractivity contribution in [3.63, 3.8) is 0 Å². The lowest BCUT2D eigenvalue weighted by molar-refractivity contribution is -0.143. The van der Waals surface area contributed by atoms with E-state index in [-0.39, 0.29) is 53.8 Å². The van der Waals surface area contributed by atoms with Crippen LogP contribution in [0.1, 0.15) is 104 Å². The summed E-state index contributed by atoms with van der Waals surface area (Å²) in [5.74, 6) is -9.59. The standard InChI is InChI=1S/C42H52F6N6O9S/c1-39(2,3)31-35(56)54-19-22(17-28(54)33(55)52-41(18-25(41)32(43)44)36(57)53-64(59,60)40(4)13-14-40)61-34-30(49-26-11-9-21(62-37(45)46)16-27(26)50-34)42(47,48)12-6-5-7-24-23-10-8-20(23)15-29(24)63-38(58)51-31/h9,11,16,20,22-25,28-29,31-32,37H,5-8,10,12-15,17-19H2,1-4H3,(H,51,58)(H,52,55)(H,53,57)/t20-,22+,23-,24+,25-,28-,29+,31+,41+/m0/s1. The van der Waals surface area contributed by atoms with Crippen LogP contribution in [0, 0.1) is 29.1 Å². The molecule has 3 heterocycles. The Morgan fingerprint density at radius 1 is 0.969 bits per heavy atom. The molecule has 4 aliphatic carbocycles. The number of nitrogens with one attached hydrogen (secondary N) is 3. The molecule has 5 fully saturated rings. The Kier molecular flexibility index (Phi) is 11.7. The molecular formula is C42H52F6N6O9S. The quantitative estimate of drug-likeness (QED) is 0.265. The van der Waals surface area contributed by atoms with E-state index in [1.807, 2.05) is 4.72 Å². The van der Waals surface area contributed by atoms with Crippen LogP contribution in [0.2, 0.25) is 0 Å². The summed E-state index contributed by atoms with van der Waals surface area (Å²) in [4.78, 5) is 66.0. The lowest BCUT2D eigenvalue weighted by Crippen LogP contribution is -2.60. The van der Waals surface area contributed by atoms with Crippen LogP contribution in [0.5, 0.6) is 11.6 Å². The van der Waals surface area contributed by atoms with Gasteiger partial charge in [-0.25, -0.2) is 32.0 Å². The van der Waals surface area contributed by atoms with E-state index >= 15 is 8.78 Å². The van der Waals surface area contributed by atoms with Crippen molar-refractivity contribution < 1.29 is 68.1 Å². The molecular weight excluding hydrogens is 879 g/mol. The van der Waals surface area contributed by atoms with Crippen LogP contribution < -0.4 is 24.8 Å². The number of hydrogen-bond acceptors (Lipinski definition) is 11. The Balaban J connectivity index is 1.17. The van der Waals surface area contributed by atoms with Crippen molar-refractivity contribution in [3.8, 4) is 11.6 Å². The maximum atomic E-state index is 16.5. The van der Waals surface area contributed by atoms with E-state index in [1.54, 1.807) is 20.8 Å². The van der Waals surface area contributed by atoms with Gasteiger partial charge in [0, 0.05) is 18.9 Å². The molecule has 0 radical (unpaired) electrons. The van der Waals surface area contributed by atoms with Crippen LogP contribution in [-0.4, -0.2) is 101 Å². The van der Waals surface area contributed by atoms with Crippen LogP contribution in [0.15, 0.2) is 18.2 Å². The monoisotopic (exact) mass is 930 g/mol. The number of rotatable bonds is 8. The van der Waals surface area contributed by atoms with Crippen LogP contribution in [0.25, 0.3) is 11.0 Å². The van der Waals surface area contributed by atoms with Gasteiger partial charge in [0.25, 0.3) is 11.8 Å². The second-order valence-electron chi connectivity index (χ2n) is 19.6. The summed E-state index contributed by atoms with van der Waals surface area (Å²) in [6.07, 6.45) is -4.16. The molecule has 22 heteroatoms. The van der Waals surface area contributed by atoms with Crippen molar-refractivity contribution in [1.82, 2.24) is 30.2 Å². The second-order valence-corrected chi connectivity index (χ2v) is 21.8. The van der Waals surface area contributed by atoms with Crippen LogP contribution in [0.4, 0.5) is 31.1 Å². The van der Waals surface area contributed by atoms with Crippen molar-refractivity contribution in [1.29, 1.82) is 0 Å². The van der Waals surface area contributed by atoms with Crippen LogP contribution >= 0.6 is 0 Å². The molecule has 2 aliphatic heterocycles. The van der Waals surface area contributed by atoms with Gasteiger partial charge in [0.15, 0.2) is 5.69 Å². The number of benzene rings is 1. The topological polar surface area (TPSA) is 195 Å². The van der Waals surface area contributed by atoms with Crippen molar-refractivity contribution in [2.24, 2.45) is 29.1 Å². The summed E-state index contributed by atoms with van der Waals surface area (Å²) < 4.78 is 131. The summed E-state index contributed by atoms with van der Waals surface area (Å²) in [6, 6.07) is 0.290. The first-order chi connectivity index (χ1) is 29.9. The highest BCUT2D eigenvalue weighted by Crippen LogP contribution is 2.54. The number of ether oxygens (including phenoxy) is 3. The lowest BCUT2D eigenvalue weighted by atomic mass is 9.71. The number of fused-ring (bicyclic) bond motifs is 7. The molecule has 9 atom stereocenters. The van der Waals surface area contributed by atoms with Gasteiger partial charge in [-0.1, -0.05) is 27.2 Å². The summed E-state index contributed by atoms with van der Waals surface area (Å²) in [5.41, 5.74) is -4.62. The maximum absolute atomic E-state index is 16.5. The molecule has 4 amide bonds. The number of sulfonamides is 1. The van der Waals surface area contributed by atoms with E-state index in [1.165, 1.54) is 13.0 Å². The van der Waals surface area contributed by atoms with Crippen molar-refractivity contribution in [2.75, 3.05) is 6.54 Å². The first kappa shape index (κ1) is 45.9. The third-order valence-electron chi connectivity index (χ3n) is 14.2. The Hall–Kier alpha value is -4.63. The van der Waals surface area contributed by atoms with Crippen molar-refractivity contribution >= 4 is 44.9 Å². The lowest BCUT2D eigenvalue weighted by Gasteiger charge is -2.36. The molecule has 15 nitrogen and oxygen atoms in total. The number of carbonyl (C=O) groups excluding carboxylic acids is 4. The predicted octanol–water partition coefficient (Wildman–Crippen LogP) is 5.94. The highest BCUT2D eigenvalue weighted by Gasteiger charge is 2.67. The van der Waals surface area contributed by atoms with Gasteiger partial charge in [-0.05, 0) is 93.6 Å². The van der Waals surface area contributed by atoms with Gasteiger partial charge < -0.3 is 29.7 Å². The largest absolute Gasteiger partial charge is 0.471 e. The van der Waals surface area contributed by atoms with Gasteiger partial charge in [-0.3, -0.25) is 19.1 Å².